The average molecular weight is 478 g/mol. The van der Waals surface area contributed by atoms with E-state index in [1.165, 1.54) is 30.5 Å². The number of nitro benzene ring substituents is 1. The molecule has 0 aliphatic carbocycles. The quantitative estimate of drug-likeness (QED) is 0.293. The van der Waals surface area contributed by atoms with Crippen molar-refractivity contribution in [3.05, 3.63) is 87.9 Å². The number of esters is 1. The Morgan fingerprint density at radius 1 is 1.23 bits per heavy atom. The first-order valence-electron chi connectivity index (χ1n) is 10.6. The van der Waals surface area contributed by atoms with Crippen molar-refractivity contribution in [2.45, 2.75) is 12.5 Å². The Bertz CT molecular complexity index is 1270. The predicted octanol–water partition coefficient (Wildman–Crippen LogP) is 3.77. The van der Waals surface area contributed by atoms with Gasteiger partial charge in [-0.15, -0.1) is 0 Å². The number of hydrazone groups is 1. The smallest absolute Gasteiger partial charge is 0.338 e. The van der Waals surface area contributed by atoms with E-state index in [4.69, 9.17) is 13.9 Å². The van der Waals surface area contributed by atoms with Crippen molar-refractivity contribution in [2.24, 2.45) is 5.10 Å². The van der Waals surface area contributed by atoms with E-state index < -0.39 is 29.4 Å². The maximum Gasteiger partial charge on any atom is 0.338 e. The monoisotopic (exact) mass is 478 g/mol. The number of hydrogen-bond acceptors (Lipinski definition) is 9. The van der Waals surface area contributed by atoms with Crippen LogP contribution in [0.3, 0.4) is 0 Å². The van der Waals surface area contributed by atoms with Crippen LogP contribution in [0.4, 0.5) is 11.4 Å². The molecule has 0 radical (unpaired) electrons. The molecule has 11 nitrogen and oxygen atoms in total. The molecule has 2 aromatic carbocycles. The summed E-state index contributed by atoms with van der Waals surface area (Å²) in [7, 11) is 3.11. The number of hydrogen-bond donors (Lipinski definition) is 1. The van der Waals surface area contributed by atoms with E-state index in [0.29, 0.717) is 23.6 Å². The molecule has 1 aliphatic heterocycles. The van der Waals surface area contributed by atoms with Gasteiger partial charge in [-0.3, -0.25) is 14.9 Å². The molecular weight excluding hydrogens is 456 g/mol. The number of carbonyl (C=O) groups is 2. The molecule has 0 saturated heterocycles. The highest BCUT2D eigenvalue weighted by atomic mass is 16.6. The third-order valence-electron chi connectivity index (χ3n) is 5.49. The molecular formula is C24H22N4O7. The van der Waals surface area contributed by atoms with Gasteiger partial charge in [-0.25, -0.2) is 9.80 Å². The van der Waals surface area contributed by atoms with Crippen LogP contribution in [-0.4, -0.2) is 48.3 Å². The Labute approximate surface area is 200 Å². The summed E-state index contributed by atoms with van der Waals surface area (Å²) in [6.07, 6.45) is 1.91. The number of furan rings is 1. The van der Waals surface area contributed by atoms with Crippen LogP contribution in [-0.2, 0) is 9.53 Å². The number of rotatable bonds is 8. The lowest BCUT2D eigenvalue weighted by Gasteiger charge is -2.19. The second kappa shape index (κ2) is 10.1. The van der Waals surface area contributed by atoms with E-state index in [0.717, 1.165) is 11.6 Å². The Morgan fingerprint density at radius 2 is 2.00 bits per heavy atom. The number of benzene rings is 2. The van der Waals surface area contributed by atoms with Crippen molar-refractivity contribution in [3.8, 4) is 5.75 Å². The van der Waals surface area contributed by atoms with Crippen LogP contribution in [0.2, 0.25) is 0 Å². The molecule has 1 atom stereocenters. The summed E-state index contributed by atoms with van der Waals surface area (Å²) < 4.78 is 15.9. The molecule has 1 aliphatic rings. The van der Waals surface area contributed by atoms with Crippen LogP contribution in [0.15, 0.2) is 70.4 Å². The van der Waals surface area contributed by atoms with Gasteiger partial charge in [-0.05, 0) is 54.1 Å². The molecule has 180 valence electrons. The van der Waals surface area contributed by atoms with Gasteiger partial charge in [0.2, 0.25) is 0 Å². The minimum atomic E-state index is -0.864. The second-order valence-corrected chi connectivity index (χ2v) is 7.56. The highest BCUT2D eigenvalue weighted by Gasteiger charge is 2.35. The molecule has 3 aromatic rings. The number of ether oxygens (including phenoxy) is 2. The zero-order valence-corrected chi connectivity index (χ0v) is 19.0. The number of anilines is 1. The van der Waals surface area contributed by atoms with E-state index in [9.17, 15) is 19.7 Å². The van der Waals surface area contributed by atoms with Crippen molar-refractivity contribution < 1.29 is 28.4 Å². The van der Waals surface area contributed by atoms with E-state index in [2.05, 4.69) is 10.4 Å². The van der Waals surface area contributed by atoms with Crippen LogP contribution in [0.5, 0.6) is 5.75 Å². The van der Waals surface area contributed by atoms with Crippen molar-refractivity contribution in [3.63, 3.8) is 0 Å². The maximum absolute atomic E-state index is 13.0. The van der Waals surface area contributed by atoms with Crippen molar-refractivity contribution >= 4 is 29.0 Å². The molecule has 1 amide bonds. The fourth-order valence-corrected chi connectivity index (χ4v) is 3.70. The molecule has 1 aromatic heterocycles. The third kappa shape index (κ3) is 4.98. The largest absolute Gasteiger partial charge is 0.497 e. The van der Waals surface area contributed by atoms with Gasteiger partial charge in [-0.2, -0.15) is 5.10 Å². The molecule has 4 rings (SSSR count). The SMILES string of the molecule is CNc1ccc(C(=O)OCC(=O)N2N=C(c3ccc(OC)cc3)CC2c2ccco2)cc1[N+](=O)[O-]. The Balaban J connectivity index is 1.51. The number of amides is 1. The summed E-state index contributed by atoms with van der Waals surface area (Å²) >= 11 is 0. The summed E-state index contributed by atoms with van der Waals surface area (Å²) in [5.74, 6) is -0.199. The normalized spacial score (nSPS) is 14.9. The minimum Gasteiger partial charge on any atom is -0.497 e. The fraction of sp³-hybridized carbons (Fsp3) is 0.208. The Hall–Kier alpha value is -4.67. The maximum atomic E-state index is 13.0. The van der Waals surface area contributed by atoms with Crippen LogP contribution in [0.1, 0.15) is 34.1 Å². The lowest BCUT2D eigenvalue weighted by molar-refractivity contribution is -0.384. The van der Waals surface area contributed by atoms with E-state index in [1.54, 1.807) is 31.4 Å². The summed E-state index contributed by atoms with van der Waals surface area (Å²) in [6, 6.07) is 14.1. The number of nitrogens with zero attached hydrogens (tertiary/aromatic N) is 3. The van der Waals surface area contributed by atoms with Gasteiger partial charge in [-0.1, -0.05) is 0 Å². The summed E-state index contributed by atoms with van der Waals surface area (Å²) in [5.41, 5.74) is 1.40. The molecule has 0 spiro atoms. The van der Waals surface area contributed by atoms with E-state index in [1.807, 2.05) is 12.1 Å². The molecule has 35 heavy (non-hydrogen) atoms. The van der Waals surface area contributed by atoms with Crippen LogP contribution in [0, 0.1) is 10.1 Å². The molecule has 2 heterocycles. The standard InChI is InChI=1S/C24H22N4O7/c1-25-18-10-7-16(12-20(18)28(31)32)24(30)35-14-23(29)27-21(22-4-3-11-34-22)13-19(26-27)15-5-8-17(33-2)9-6-15/h3-12,21,25H,13-14H2,1-2H3. The van der Waals surface area contributed by atoms with Gasteiger partial charge < -0.3 is 19.2 Å². The Kier molecular flexibility index (Phi) is 6.76. The zero-order valence-electron chi connectivity index (χ0n) is 19.0. The fourth-order valence-electron chi connectivity index (χ4n) is 3.70. The van der Waals surface area contributed by atoms with Gasteiger partial charge in [0.1, 0.15) is 23.2 Å². The molecule has 0 bridgehead atoms. The Morgan fingerprint density at radius 3 is 2.63 bits per heavy atom. The van der Waals surface area contributed by atoms with Crippen molar-refractivity contribution in [1.29, 1.82) is 0 Å². The first kappa shape index (κ1) is 23.5. The van der Waals surface area contributed by atoms with Crippen molar-refractivity contribution in [2.75, 3.05) is 26.1 Å². The van der Waals surface area contributed by atoms with Gasteiger partial charge in [0, 0.05) is 19.5 Å². The van der Waals surface area contributed by atoms with E-state index in [-0.39, 0.29) is 16.9 Å². The van der Waals surface area contributed by atoms with Crippen LogP contribution in [0.25, 0.3) is 0 Å². The minimum absolute atomic E-state index is 0.0464. The molecule has 1 N–H and O–H groups in total. The zero-order chi connectivity index (χ0) is 24.9. The molecule has 1 unspecified atom stereocenters. The number of carbonyl (C=O) groups excluding carboxylic acids is 2. The highest BCUT2D eigenvalue weighted by molar-refractivity contribution is 6.03. The second-order valence-electron chi connectivity index (χ2n) is 7.56. The highest BCUT2D eigenvalue weighted by Crippen LogP contribution is 2.33. The molecule has 11 heteroatoms. The summed E-state index contributed by atoms with van der Waals surface area (Å²) in [4.78, 5) is 36.1. The number of nitrogens with one attached hydrogen (secondary N) is 1. The first-order valence-corrected chi connectivity index (χ1v) is 10.6. The van der Waals surface area contributed by atoms with Gasteiger partial charge in [0.25, 0.3) is 11.6 Å². The average Bonchev–Trinajstić information content (AvgIpc) is 3.57. The summed E-state index contributed by atoms with van der Waals surface area (Å²) in [6.45, 7) is -0.600. The van der Waals surface area contributed by atoms with E-state index >= 15 is 0 Å². The predicted molar refractivity (Wildman–Crippen MR) is 125 cm³/mol. The summed E-state index contributed by atoms with van der Waals surface area (Å²) in [5, 5.41) is 19.6. The van der Waals surface area contributed by atoms with Crippen LogP contribution >= 0.6 is 0 Å². The van der Waals surface area contributed by atoms with Crippen molar-refractivity contribution in [1.82, 2.24) is 5.01 Å². The third-order valence-corrected chi connectivity index (χ3v) is 5.49. The van der Waals surface area contributed by atoms with Gasteiger partial charge in [0.05, 0.1) is 29.6 Å². The topological polar surface area (TPSA) is 137 Å². The van der Waals surface area contributed by atoms with Gasteiger partial charge in [0.15, 0.2) is 6.61 Å². The number of nitro groups is 1. The molecule has 0 saturated carbocycles. The van der Waals surface area contributed by atoms with Gasteiger partial charge >= 0.3 is 5.97 Å². The number of methoxy groups -OCH3 is 1. The lowest BCUT2D eigenvalue weighted by atomic mass is 10.0. The first-order chi connectivity index (χ1) is 16.9. The lowest BCUT2D eigenvalue weighted by Crippen LogP contribution is -2.31. The van der Waals surface area contributed by atoms with Crippen LogP contribution < -0.4 is 10.1 Å². The molecule has 0 fully saturated rings.